The van der Waals surface area contributed by atoms with E-state index in [1.54, 1.807) is 18.3 Å². The third kappa shape index (κ3) is 3.84. The number of thiophene rings is 1. The molecule has 3 aromatic rings. The van der Waals surface area contributed by atoms with Crippen LogP contribution in [-0.4, -0.2) is 33.2 Å². The zero-order valence-corrected chi connectivity index (χ0v) is 18.4. The largest absolute Gasteiger partial charge is 0.495 e. The number of carbonyl (C=O) groups excluding carboxylic acids is 1. The number of anilines is 1. The number of ether oxygens (including phenoxy) is 1. The molecule has 0 saturated heterocycles. The van der Waals surface area contributed by atoms with E-state index < -0.39 is 10.2 Å². The predicted octanol–water partition coefficient (Wildman–Crippen LogP) is 4.52. The van der Waals surface area contributed by atoms with Crippen molar-refractivity contribution in [3.05, 3.63) is 44.6 Å². The van der Waals surface area contributed by atoms with Gasteiger partial charge in [0.15, 0.2) is 0 Å². The van der Waals surface area contributed by atoms with Gasteiger partial charge >= 0.3 is 0 Å². The molecule has 1 aliphatic carbocycles. The number of non-ortho nitro benzene ring substituents is 1. The Morgan fingerprint density at radius 2 is 2.17 bits per heavy atom. The van der Waals surface area contributed by atoms with Crippen LogP contribution in [0.2, 0.25) is 0 Å². The average molecular weight is 445 g/mol. The van der Waals surface area contributed by atoms with Crippen molar-refractivity contribution >= 4 is 50.6 Å². The molecular weight excluding hydrogens is 424 g/mol. The van der Waals surface area contributed by atoms with Crippen molar-refractivity contribution in [1.29, 1.82) is 0 Å². The number of fused-ring (bicyclic) bond motifs is 3. The van der Waals surface area contributed by atoms with E-state index in [1.807, 2.05) is 6.92 Å². The highest BCUT2D eigenvalue weighted by Crippen LogP contribution is 2.41. The van der Waals surface area contributed by atoms with Crippen LogP contribution >= 0.6 is 23.1 Å². The number of rotatable bonds is 6. The number of aryl methyl sites for hydroxylation is 3. The van der Waals surface area contributed by atoms with Crippen LogP contribution in [0.15, 0.2) is 23.2 Å². The van der Waals surface area contributed by atoms with Crippen molar-refractivity contribution < 1.29 is 14.5 Å². The van der Waals surface area contributed by atoms with E-state index in [-0.39, 0.29) is 17.3 Å². The normalized spacial score (nSPS) is 13.8. The molecule has 1 aliphatic rings. The number of nitro benzene ring substituents is 1. The molecule has 2 aromatic heterocycles. The Balaban J connectivity index is 1.59. The van der Waals surface area contributed by atoms with Gasteiger partial charge in [-0.15, -0.1) is 11.3 Å². The molecule has 2 heterocycles. The van der Waals surface area contributed by atoms with Gasteiger partial charge in [0, 0.05) is 22.4 Å². The number of methoxy groups -OCH3 is 1. The van der Waals surface area contributed by atoms with Crippen molar-refractivity contribution in [2.45, 2.75) is 43.4 Å². The molecule has 0 aliphatic heterocycles. The predicted molar refractivity (Wildman–Crippen MR) is 118 cm³/mol. The van der Waals surface area contributed by atoms with Crippen LogP contribution < -0.4 is 10.1 Å². The van der Waals surface area contributed by atoms with Crippen LogP contribution in [0.4, 0.5) is 11.4 Å². The lowest BCUT2D eigenvalue weighted by atomic mass is 10.2. The van der Waals surface area contributed by atoms with E-state index in [9.17, 15) is 14.9 Å². The van der Waals surface area contributed by atoms with Gasteiger partial charge < -0.3 is 10.1 Å². The SMILES string of the molecule is COc1ccc([N+](=O)[O-])cc1NC(=O)[C@@H](C)Sc1nc(C)nc2sc3c(c12)CCC3. The highest BCUT2D eigenvalue weighted by atomic mass is 32.2. The fourth-order valence-corrected chi connectivity index (χ4v) is 5.91. The average Bonchev–Trinajstić information content (AvgIpc) is 3.28. The number of carbonyl (C=O) groups is 1. The Bertz CT molecular complexity index is 1160. The molecule has 0 unspecified atom stereocenters. The molecule has 1 aromatic carbocycles. The van der Waals surface area contributed by atoms with Crippen LogP contribution in [0.25, 0.3) is 10.2 Å². The van der Waals surface area contributed by atoms with E-state index >= 15 is 0 Å². The van der Waals surface area contributed by atoms with Gasteiger partial charge in [-0.25, -0.2) is 9.97 Å². The molecule has 1 amide bonds. The van der Waals surface area contributed by atoms with E-state index in [1.165, 1.54) is 47.5 Å². The second-order valence-electron chi connectivity index (χ2n) is 7.00. The van der Waals surface area contributed by atoms with Crippen LogP contribution in [-0.2, 0) is 17.6 Å². The second-order valence-corrected chi connectivity index (χ2v) is 9.42. The molecule has 10 heteroatoms. The number of thioether (sulfide) groups is 1. The molecule has 1 atom stereocenters. The molecule has 1 N–H and O–H groups in total. The van der Waals surface area contributed by atoms with Gasteiger partial charge in [-0.05, 0) is 44.7 Å². The molecule has 0 fully saturated rings. The summed E-state index contributed by atoms with van der Waals surface area (Å²) in [6.07, 6.45) is 3.22. The van der Waals surface area contributed by atoms with Crippen molar-refractivity contribution in [1.82, 2.24) is 9.97 Å². The third-order valence-electron chi connectivity index (χ3n) is 4.95. The fraction of sp³-hybridized carbons (Fsp3) is 0.350. The molecule has 8 nitrogen and oxygen atoms in total. The standard InChI is InChI=1S/C20H20N4O4S2/c1-10(18(25)23-14-9-12(24(26)27)7-8-15(14)28-3)29-19-17-13-5-4-6-16(13)30-20(17)22-11(2)21-19/h7-10H,4-6H2,1-3H3,(H,23,25)/t10-/m1/s1. The van der Waals surface area contributed by atoms with Gasteiger partial charge in [0.05, 0.1) is 23.0 Å². The van der Waals surface area contributed by atoms with E-state index in [0.717, 1.165) is 34.5 Å². The van der Waals surface area contributed by atoms with Crippen LogP contribution in [0, 0.1) is 17.0 Å². The molecule has 4 rings (SSSR count). The zero-order chi connectivity index (χ0) is 21.4. The number of nitrogens with one attached hydrogen (secondary N) is 1. The van der Waals surface area contributed by atoms with Gasteiger partial charge in [-0.2, -0.15) is 0 Å². The highest BCUT2D eigenvalue weighted by Gasteiger charge is 2.25. The second kappa shape index (κ2) is 8.19. The number of nitrogens with zero attached hydrogens (tertiary/aromatic N) is 3. The Morgan fingerprint density at radius 3 is 2.90 bits per heavy atom. The Kier molecular flexibility index (Phi) is 5.61. The molecule has 0 spiro atoms. The maximum atomic E-state index is 12.9. The van der Waals surface area contributed by atoms with Crippen LogP contribution in [0.3, 0.4) is 0 Å². The first-order valence-electron chi connectivity index (χ1n) is 9.46. The summed E-state index contributed by atoms with van der Waals surface area (Å²) in [6, 6.07) is 4.11. The van der Waals surface area contributed by atoms with Gasteiger partial charge in [-0.1, -0.05) is 11.8 Å². The molecular formula is C20H20N4O4S2. The van der Waals surface area contributed by atoms with E-state index in [2.05, 4.69) is 15.3 Å². The number of hydrogen-bond acceptors (Lipinski definition) is 8. The van der Waals surface area contributed by atoms with Crippen molar-refractivity contribution in [3.8, 4) is 5.75 Å². The summed E-state index contributed by atoms with van der Waals surface area (Å²) >= 11 is 3.09. The third-order valence-corrected chi connectivity index (χ3v) is 7.22. The van der Waals surface area contributed by atoms with Crippen molar-refractivity contribution in [2.24, 2.45) is 0 Å². The highest BCUT2D eigenvalue weighted by molar-refractivity contribution is 8.00. The lowest BCUT2D eigenvalue weighted by molar-refractivity contribution is -0.384. The Morgan fingerprint density at radius 1 is 1.37 bits per heavy atom. The number of aromatic nitrogens is 2. The van der Waals surface area contributed by atoms with Gasteiger partial charge in [-0.3, -0.25) is 14.9 Å². The monoisotopic (exact) mass is 444 g/mol. The number of benzene rings is 1. The number of amides is 1. The van der Waals surface area contributed by atoms with Gasteiger partial charge in [0.25, 0.3) is 5.69 Å². The molecule has 0 saturated carbocycles. The van der Waals surface area contributed by atoms with E-state index in [0.29, 0.717) is 11.6 Å². The van der Waals surface area contributed by atoms with Gasteiger partial charge in [0.2, 0.25) is 5.91 Å². The van der Waals surface area contributed by atoms with Crippen LogP contribution in [0.5, 0.6) is 5.75 Å². The Labute approximate surface area is 181 Å². The summed E-state index contributed by atoms with van der Waals surface area (Å²) in [4.78, 5) is 35.0. The molecule has 0 radical (unpaired) electrons. The first-order chi connectivity index (χ1) is 14.4. The number of hydrogen-bond donors (Lipinski definition) is 1. The first kappa shape index (κ1) is 20.5. The Hall–Kier alpha value is -2.72. The topological polar surface area (TPSA) is 107 Å². The smallest absolute Gasteiger partial charge is 0.271 e. The van der Waals surface area contributed by atoms with Crippen molar-refractivity contribution in [3.63, 3.8) is 0 Å². The minimum atomic E-state index is -0.509. The fourth-order valence-electron chi connectivity index (χ4n) is 3.51. The minimum absolute atomic E-state index is 0.117. The van der Waals surface area contributed by atoms with Crippen LogP contribution in [0.1, 0.15) is 29.6 Å². The summed E-state index contributed by atoms with van der Waals surface area (Å²) in [7, 11) is 1.45. The molecule has 0 bridgehead atoms. The maximum Gasteiger partial charge on any atom is 0.271 e. The summed E-state index contributed by atoms with van der Waals surface area (Å²) in [5.74, 6) is 0.759. The minimum Gasteiger partial charge on any atom is -0.495 e. The quantitative estimate of drug-likeness (QED) is 0.258. The number of nitro groups is 1. The molecule has 30 heavy (non-hydrogen) atoms. The lowest BCUT2D eigenvalue weighted by Crippen LogP contribution is -2.23. The summed E-state index contributed by atoms with van der Waals surface area (Å²) < 4.78 is 5.23. The zero-order valence-electron chi connectivity index (χ0n) is 16.7. The van der Waals surface area contributed by atoms with Gasteiger partial charge in [0.1, 0.15) is 21.4 Å². The summed E-state index contributed by atoms with van der Waals surface area (Å²) in [6.45, 7) is 3.65. The maximum absolute atomic E-state index is 12.9. The first-order valence-corrected chi connectivity index (χ1v) is 11.2. The summed E-state index contributed by atoms with van der Waals surface area (Å²) in [5, 5.41) is 15.2. The lowest BCUT2D eigenvalue weighted by Gasteiger charge is -2.14. The summed E-state index contributed by atoms with van der Waals surface area (Å²) in [5.41, 5.74) is 1.46. The van der Waals surface area contributed by atoms with Crippen molar-refractivity contribution in [2.75, 3.05) is 12.4 Å². The van der Waals surface area contributed by atoms with E-state index in [4.69, 9.17) is 4.74 Å². The molecule has 156 valence electrons.